The van der Waals surface area contributed by atoms with E-state index >= 15 is 0 Å². The molecule has 0 aromatic carbocycles. The Kier molecular flexibility index (Phi) is 6.32. The molecule has 1 aliphatic heterocycles. The molecule has 2 aliphatic rings. The van der Waals surface area contributed by atoms with E-state index < -0.39 is 11.8 Å². The van der Waals surface area contributed by atoms with Crippen molar-refractivity contribution in [3.63, 3.8) is 0 Å². The smallest absolute Gasteiger partial charge is 0.248 e. The molecule has 1 saturated carbocycles. The van der Waals surface area contributed by atoms with E-state index in [9.17, 15) is 13.6 Å². The lowest BCUT2D eigenvalue weighted by molar-refractivity contribution is -0.124. The number of nitrogens with zero attached hydrogens (tertiary/aromatic N) is 4. The van der Waals surface area contributed by atoms with Crippen LogP contribution in [0, 0.1) is 5.92 Å². The molecular weight excluding hydrogens is 440 g/mol. The fourth-order valence-corrected chi connectivity index (χ4v) is 4.49. The Labute approximate surface area is 196 Å². The number of pyridine rings is 2. The molecule has 3 N–H and O–H groups in total. The van der Waals surface area contributed by atoms with Crippen molar-refractivity contribution in [1.82, 2.24) is 25.3 Å². The normalized spacial score (nSPS) is 19.1. The number of halogens is 2. The largest absolute Gasteiger partial charge is 0.366 e. The second-order valence-electron chi connectivity index (χ2n) is 9.04. The van der Waals surface area contributed by atoms with Gasteiger partial charge in [-0.25, -0.2) is 23.7 Å². The molecule has 5 rings (SSSR count). The summed E-state index contributed by atoms with van der Waals surface area (Å²) >= 11 is 0. The van der Waals surface area contributed by atoms with Crippen LogP contribution in [0.3, 0.4) is 0 Å². The summed E-state index contributed by atoms with van der Waals surface area (Å²) in [5.41, 5.74) is 1.95. The second kappa shape index (κ2) is 9.54. The number of carbonyl (C=O) groups excluding carboxylic acids is 1. The van der Waals surface area contributed by atoms with Gasteiger partial charge in [0.15, 0.2) is 0 Å². The molecular formula is C24H27F2N7O. The zero-order chi connectivity index (χ0) is 23.5. The van der Waals surface area contributed by atoms with Crippen molar-refractivity contribution in [2.24, 2.45) is 5.92 Å². The van der Waals surface area contributed by atoms with Gasteiger partial charge >= 0.3 is 0 Å². The molecule has 8 nitrogen and oxygen atoms in total. The molecule has 3 aromatic heterocycles. The van der Waals surface area contributed by atoms with Gasteiger partial charge in [-0.05, 0) is 50.9 Å². The number of fused-ring (bicyclic) bond motifs is 1. The number of carbonyl (C=O) groups is 1. The molecule has 2 fully saturated rings. The van der Waals surface area contributed by atoms with Crippen molar-refractivity contribution >= 4 is 28.4 Å². The van der Waals surface area contributed by atoms with Crippen molar-refractivity contribution < 1.29 is 13.6 Å². The molecule has 1 amide bonds. The van der Waals surface area contributed by atoms with Gasteiger partial charge in [0.1, 0.15) is 17.3 Å². The first kappa shape index (κ1) is 22.5. The predicted octanol–water partition coefficient (Wildman–Crippen LogP) is 4.01. The first-order chi connectivity index (χ1) is 16.4. The molecule has 1 saturated heterocycles. The predicted molar refractivity (Wildman–Crippen MR) is 126 cm³/mol. The van der Waals surface area contributed by atoms with Crippen LogP contribution in [0.25, 0.3) is 22.3 Å². The molecule has 0 unspecified atom stereocenters. The number of hydrogen-bond acceptors (Lipinski definition) is 7. The van der Waals surface area contributed by atoms with E-state index in [-0.39, 0.29) is 31.6 Å². The minimum absolute atomic E-state index is 0.176. The first-order valence-electron chi connectivity index (χ1n) is 11.7. The van der Waals surface area contributed by atoms with Gasteiger partial charge in [-0.3, -0.25) is 9.78 Å². The van der Waals surface area contributed by atoms with Crippen molar-refractivity contribution in [3.8, 4) is 11.4 Å². The summed E-state index contributed by atoms with van der Waals surface area (Å²) in [6.45, 7) is 1.97. The number of rotatable bonds is 5. The maximum absolute atomic E-state index is 13.4. The standard InChI is InChI=1S/C24H27F2N7O/c25-24(26)7-3-15(4-8-24)23(34)33-21-11-19-16(12-29-21)1-2-18(31-19)20-13-28-14-22(32-20)30-17-5-9-27-10-6-17/h1-2,11-15,17,27H,3-10H2,(H,30,32)(H,29,33,34). The molecule has 0 atom stereocenters. The van der Waals surface area contributed by atoms with Gasteiger partial charge in [-0.1, -0.05) is 0 Å². The SMILES string of the molecule is O=C(Nc1cc2nc(-c3cncc(NC4CCNCC4)n3)ccc2cn1)C1CCC(F)(F)CC1. The van der Waals surface area contributed by atoms with Crippen molar-refractivity contribution in [3.05, 3.63) is 36.8 Å². The summed E-state index contributed by atoms with van der Waals surface area (Å²) in [6.07, 6.45) is 6.93. The van der Waals surface area contributed by atoms with E-state index in [1.54, 1.807) is 24.7 Å². The summed E-state index contributed by atoms with van der Waals surface area (Å²) in [6, 6.07) is 5.82. The van der Waals surface area contributed by atoms with E-state index in [1.165, 1.54) is 0 Å². The number of nitrogens with one attached hydrogen (secondary N) is 3. The summed E-state index contributed by atoms with van der Waals surface area (Å²) in [7, 11) is 0. The molecule has 178 valence electrons. The van der Waals surface area contributed by atoms with Crippen molar-refractivity contribution in [2.75, 3.05) is 23.7 Å². The maximum atomic E-state index is 13.4. The van der Waals surface area contributed by atoms with E-state index in [1.807, 2.05) is 12.1 Å². The van der Waals surface area contributed by atoms with Crippen molar-refractivity contribution in [1.29, 1.82) is 0 Å². The third-order valence-corrected chi connectivity index (χ3v) is 6.50. The third-order valence-electron chi connectivity index (χ3n) is 6.50. The average Bonchev–Trinajstić information content (AvgIpc) is 2.84. The molecule has 3 aromatic rings. The Hall–Kier alpha value is -3.27. The van der Waals surface area contributed by atoms with Crippen LogP contribution in [0.5, 0.6) is 0 Å². The number of amides is 1. The minimum atomic E-state index is -2.67. The van der Waals surface area contributed by atoms with Crippen LogP contribution in [-0.4, -0.2) is 50.9 Å². The van der Waals surface area contributed by atoms with E-state index in [4.69, 9.17) is 4.98 Å². The maximum Gasteiger partial charge on any atom is 0.248 e. The van der Waals surface area contributed by atoms with Gasteiger partial charge in [0.25, 0.3) is 0 Å². The van der Waals surface area contributed by atoms with Crippen LogP contribution >= 0.6 is 0 Å². The molecule has 0 spiro atoms. The highest BCUT2D eigenvalue weighted by Gasteiger charge is 2.37. The average molecular weight is 468 g/mol. The summed E-state index contributed by atoms with van der Waals surface area (Å²) < 4.78 is 26.8. The lowest BCUT2D eigenvalue weighted by Crippen LogP contribution is -2.35. The van der Waals surface area contributed by atoms with Crippen LogP contribution in [0.4, 0.5) is 20.4 Å². The van der Waals surface area contributed by atoms with E-state index in [0.29, 0.717) is 34.6 Å². The highest BCUT2D eigenvalue weighted by atomic mass is 19.3. The van der Waals surface area contributed by atoms with Crippen molar-refractivity contribution in [2.45, 2.75) is 50.5 Å². The van der Waals surface area contributed by atoms with E-state index in [0.717, 1.165) is 31.3 Å². The number of aromatic nitrogens is 4. The topological polar surface area (TPSA) is 105 Å². The highest BCUT2D eigenvalue weighted by Crippen LogP contribution is 2.36. The number of hydrogen-bond donors (Lipinski definition) is 3. The molecule has 10 heteroatoms. The van der Waals surface area contributed by atoms with Crippen LogP contribution in [0.1, 0.15) is 38.5 Å². The molecule has 34 heavy (non-hydrogen) atoms. The van der Waals surface area contributed by atoms with Gasteiger partial charge in [-0.2, -0.15) is 0 Å². The lowest BCUT2D eigenvalue weighted by Gasteiger charge is -2.27. The van der Waals surface area contributed by atoms with Crippen LogP contribution in [-0.2, 0) is 4.79 Å². The Bertz CT molecular complexity index is 1170. The molecule has 1 aliphatic carbocycles. The number of piperidine rings is 1. The van der Waals surface area contributed by atoms with Crippen LogP contribution in [0.15, 0.2) is 36.8 Å². The number of alkyl halides is 2. The Morgan fingerprint density at radius 1 is 0.971 bits per heavy atom. The van der Waals surface area contributed by atoms with E-state index in [2.05, 4.69) is 30.9 Å². The number of anilines is 2. The van der Waals surface area contributed by atoms with Gasteiger partial charge in [0, 0.05) is 42.5 Å². The second-order valence-corrected chi connectivity index (χ2v) is 9.04. The Balaban J connectivity index is 1.31. The Morgan fingerprint density at radius 3 is 2.56 bits per heavy atom. The molecule has 0 bridgehead atoms. The Morgan fingerprint density at radius 2 is 1.76 bits per heavy atom. The lowest BCUT2D eigenvalue weighted by atomic mass is 9.86. The fourth-order valence-electron chi connectivity index (χ4n) is 4.49. The zero-order valence-corrected chi connectivity index (χ0v) is 18.7. The first-order valence-corrected chi connectivity index (χ1v) is 11.7. The van der Waals surface area contributed by atoms with Gasteiger partial charge in [0.2, 0.25) is 11.8 Å². The zero-order valence-electron chi connectivity index (χ0n) is 18.7. The van der Waals surface area contributed by atoms with Gasteiger partial charge in [0.05, 0.1) is 23.6 Å². The monoisotopic (exact) mass is 467 g/mol. The van der Waals surface area contributed by atoms with Crippen LogP contribution in [0.2, 0.25) is 0 Å². The fraction of sp³-hybridized carbons (Fsp3) is 0.458. The van der Waals surface area contributed by atoms with Gasteiger partial charge in [-0.15, -0.1) is 0 Å². The quantitative estimate of drug-likeness (QED) is 0.521. The minimum Gasteiger partial charge on any atom is -0.366 e. The summed E-state index contributed by atoms with van der Waals surface area (Å²) in [5, 5.41) is 10.4. The highest BCUT2D eigenvalue weighted by molar-refractivity contribution is 5.93. The van der Waals surface area contributed by atoms with Crippen LogP contribution < -0.4 is 16.0 Å². The molecule has 0 radical (unpaired) electrons. The van der Waals surface area contributed by atoms with Gasteiger partial charge < -0.3 is 16.0 Å². The molecule has 4 heterocycles. The third kappa shape index (κ3) is 5.27. The summed E-state index contributed by atoms with van der Waals surface area (Å²) in [5.74, 6) is -2.30. The summed E-state index contributed by atoms with van der Waals surface area (Å²) in [4.78, 5) is 30.6.